The van der Waals surface area contributed by atoms with E-state index in [0.29, 0.717) is 25.6 Å². The lowest BCUT2D eigenvalue weighted by Crippen LogP contribution is -2.34. The van der Waals surface area contributed by atoms with Crippen molar-refractivity contribution in [1.82, 2.24) is 9.80 Å². The van der Waals surface area contributed by atoms with Crippen molar-refractivity contribution in [3.05, 3.63) is 23.7 Å². The summed E-state index contributed by atoms with van der Waals surface area (Å²) < 4.78 is 5.62. The second-order valence-corrected chi connectivity index (χ2v) is 5.10. The summed E-state index contributed by atoms with van der Waals surface area (Å²) in [6.45, 7) is 5.94. The average Bonchev–Trinajstić information content (AvgIpc) is 2.88. The number of likely N-dealkylation sites (N-methyl/N-ethyl adjacent to an activating group) is 1. The number of amides is 2. The maximum Gasteiger partial charge on any atom is 0.320 e. The molecule has 1 aromatic rings. The molecule has 2 heterocycles. The minimum absolute atomic E-state index is 0.0103. The number of hydrogen-bond acceptors (Lipinski definition) is 3. The molecule has 1 fully saturated rings. The Bertz CT molecular complexity index is 430. The van der Waals surface area contributed by atoms with Gasteiger partial charge in [0.25, 0.3) is 0 Å². The summed E-state index contributed by atoms with van der Waals surface area (Å²) in [5.74, 6) is 2.05. The SMILES string of the molecule is Cc1ccc(C2CN(CC(C)CN)C(=O)N2C)o1. The third-order valence-electron chi connectivity index (χ3n) is 3.46. The predicted octanol–water partition coefficient (Wildman–Crippen LogP) is 1.59. The van der Waals surface area contributed by atoms with Crippen molar-refractivity contribution >= 4 is 6.03 Å². The third-order valence-corrected chi connectivity index (χ3v) is 3.46. The van der Waals surface area contributed by atoms with Crippen LogP contribution in [0.3, 0.4) is 0 Å². The number of urea groups is 1. The molecule has 0 aromatic carbocycles. The lowest BCUT2D eigenvalue weighted by atomic mass is 10.1. The van der Waals surface area contributed by atoms with Gasteiger partial charge >= 0.3 is 6.03 Å². The normalized spacial score (nSPS) is 21.8. The number of furan rings is 1. The van der Waals surface area contributed by atoms with E-state index in [2.05, 4.69) is 6.92 Å². The summed E-state index contributed by atoms with van der Waals surface area (Å²) in [5, 5.41) is 0. The Morgan fingerprint density at radius 3 is 2.83 bits per heavy atom. The lowest BCUT2D eigenvalue weighted by molar-refractivity contribution is 0.189. The molecule has 1 saturated heterocycles. The second-order valence-electron chi connectivity index (χ2n) is 5.10. The summed E-state index contributed by atoms with van der Waals surface area (Å²) in [7, 11) is 1.82. The summed E-state index contributed by atoms with van der Waals surface area (Å²) >= 11 is 0. The van der Waals surface area contributed by atoms with Crippen LogP contribution in [0.5, 0.6) is 0 Å². The van der Waals surface area contributed by atoms with Crippen LogP contribution in [0.4, 0.5) is 4.79 Å². The zero-order valence-electron chi connectivity index (χ0n) is 11.2. The fourth-order valence-corrected chi connectivity index (χ4v) is 2.28. The van der Waals surface area contributed by atoms with Gasteiger partial charge in [0.05, 0.1) is 6.54 Å². The van der Waals surface area contributed by atoms with Gasteiger partial charge in [0.15, 0.2) is 0 Å². The third kappa shape index (κ3) is 2.36. The number of aryl methyl sites for hydroxylation is 1. The van der Waals surface area contributed by atoms with Gasteiger partial charge in [-0.15, -0.1) is 0 Å². The first-order valence-electron chi connectivity index (χ1n) is 6.31. The summed E-state index contributed by atoms with van der Waals surface area (Å²) in [6.07, 6.45) is 0. The molecule has 1 aromatic heterocycles. The quantitative estimate of drug-likeness (QED) is 0.884. The van der Waals surface area contributed by atoms with Gasteiger partial charge < -0.3 is 20.0 Å². The van der Waals surface area contributed by atoms with Gasteiger partial charge in [-0.25, -0.2) is 4.79 Å². The van der Waals surface area contributed by atoms with Crippen LogP contribution in [0.2, 0.25) is 0 Å². The molecule has 18 heavy (non-hydrogen) atoms. The maximum atomic E-state index is 12.1. The fourth-order valence-electron chi connectivity index (χ4n) is 2.28. The van der Waals surface area contributed by atoms with Crippen LogP contribution in [-0.2, 0) is 0 Å². The van der Waals surface area contributed by atoms with Crippen molar-refractivity contribution in [2.45, 2.75) is 19.9 Å². The van der Waals surface area contributed by atoms with Crippen LogP contribution in [0, 0.1) is 12.8 Å². The number of nitrogens with zero attached hydrogens (tertiary/aromatic N) is 2. The van der Waals surface area contributed by atoms with E-state index in [1.54, 1.807) is 4.90 Å². The number of carbonyl (C=O) groups is 1. The molecular formula is C13H21N3O2. The zero-order chi connectivity index (χ0) is 13.3. The van der Waals surface area contributed by atoms with E-state index >= 15 is 0 Å². The van der Waals surface area contributed by atoms with Gasteiger partial charge in [0, 0.05) is 13.6 Å². The number of rotatable bonds is 4. The van der Waals surface area contributed by atoms with E-state index in [1.165, 1.54) is 0 Å². The Morgan fingerprint density at radius 2 is 2.28 bits per heavy atom. The standard InChI is InChI=1S/C13H21N3O2/c1-9(6-14)7-16-8-11(15(3)13(16)17)12-5-4-10(2)18-12/h4-5,9,11H,6-8,14H2,1-3H3. The number of hydrogen-bond donors (Lipinski definition) is 1. The Morgan fingerprint density at radius 1 is 1.56 bits per heavy atom. The molecule has 0 bridgehead atoms. The minimum atomic E-state index is 0.0103. The van der Waals surface area contributed by atoms with Gasteiger partial charge in [-0.2, -0.15) is 0 Å². The van der Waals surface area contributed by atoms with Crippen molar-refractivity contribution in [3.8, 4) is 0 Å². The first-order chi connectivity index (χ1) is 8.52. The summed E-state index contributed by atoms with van der Waals surface area (Å²) in [5.41, 5.74) is 5.61. The van der Waals surface area contributed by atoms with E-state index < -0.39 is 0 Å². The topological polar surface area (TPSA) is 62.7 Å². The highest BCUT2D eigenvalue weighted by Gasteiger charge is 2.37. The highest BCUT2D eigenvalue weighted by molar-refractivity contribution is 5.77. The largest absolute Gasteiger partial charge is 0.464 e. The van der Waals surface area contributed by atoms with Crippen molar-refractivity contribution in [1.29, 1.82) is 0 Å². The highest BCUT2D eigenvalue weighted by Crippen LogP contribution is 2.29. The molecule has 0 spiro atoms. The van der Waals surface area contributed by atoms with E-state index in [0.717, 1.165) is 11.5 Å². The fraction of sp³-hybridized carbons (Fsp3) is 0.615. The van der Waals surface area contributed by atoms with Gasteiger partial charge in [0.1, 0.15) is 17.6 Å². The molecule has 0 radical (unpaired) electrons. The molecule has 2 unspecified atom stereocenters. The summed E-state index contributed by atoms with van der Waals surface area (Å²) in [6, 6.07) is 3.93. The molecule has 0 saturated carbocycles. The first-order valence-corrected chi connectivity index (χ1v) is 6.31. The molecule has 2 rings (SSSR count). The van der Waals surface area contributed by atoms with Crippen LogP contribution in [0.1, 0.15) is 24.5 Å². The molecule has 5 nitrogen and oxygen atoms in total. The monoisotopic (exact) mass is 251 g/mol. The Kier molecular flexibility index (Phi) is 3.61. The molecule has 0 aliphatic carbocycles. The minimum Gasteiger partial charge on any atom is -0.464 e. The summed E-state index contributed by atoms with van der Waals surface area (Å²) in [4.78, 5) is 15.7. The van der Waals surface area contributed by atoms with E-state index in [-0.39, 0.29) is 12.1 Å². The number of nitrogens with two attached hydrogens (primary N) is 1. The van der Waals surface area contributed by atoms with E-state index in [9.17, 15) is 4.79 Å². The van der Waals surface area contributed by atoms with Crippen molar-refractivity contribution in [3.63, 3.8) is 0 Å². The van der Waals surface area contributed by atoms with Gasteiger partial charge in [-0.05, 0) is 31.5 Å². The van der Waals surface area contributed by atoms with Crippen LogP contribution >= 0.6 is 0 Å². The number of carbonyl (C=O) groups excluding carboxylic acids is 1. The molecule has 2 N–H and O–H groups in total. The smallest absolute Gasteiger partial charge is 0.320 e. The van der Waals surface area contributed by atoms with Crippen molar-refractivity contribution in [2.24, 2.45) is 11.7 Å². The van der Waals surface area contributed by atoms with E-state index in [4.69, 9.17) is 10.2 Å². The molecule has 2 atom stereocenters. The van der Waals surface area contributed by atoms with E-state index in [1.807, 2.05) is 31.0 Å². The van der Waals surface area contributed by atoms with Crippen LogP contribution in [-0.4, -0.2) is 42.5 Å². The predicted molar refractivity (Wildman–Crippen MR) is 69.1 cm³/mol. The molecular weight excluding hydrogens is 230 g/mol. The molecule has 1 aliphatic rings. The van der Waals surface area contributed by atoms with Gasteiger partial charge in [0.2, 0.25) is 0 Å². The van der Waals surface area contributed by atoms with Crippen molar-refractivity contribution < 1.29 is 9.21 Å². The first kappa shape index (κ1) is 13.0. The zero-order valence-corrected chi connectivity index (χ0v) is 11.2. The molecule has 5 heteroatoms. The lowest BCUT2D eigenvalue weighted by Gasteiger charge is -2.19. The Balaban J connectivity index is 2.09. The van der Waals surface area contributed by atoms with Crippen LogP contribution < -0.4 is 5.73 Å². The second kappa shape index (κ2) is 5.02. The molecule has 2 amide bonds. The maximum absolute atomic E-state index is 12.1. The molecule has 100 valence electrons. The highest BCUT2D eigenvalue weighted by atomic mass is 16.3. The Labute approximate surface area is 108 Å². The van der Waals surface area contributed by atoms with Crippen LogP contribution in [0.25, 0.3) is 0 Å². The Hall–Kier alpha value is -1.49. The average molecular weight is 251 g/mol. The molecule has 1 aliphatic heterocycles. The van der Waals surface area contributed by atoms with Gasteiger partial charge in [-0.3, -0.25) is 0 Å². The van der Waals surface area contributed by atoms with Crippen LogP contribution in [0.15, 0.2) is 16.5 Å². The van der Waals surface area contributed by atoms with Gasteiger partial charge in [-0.1, -0.05) is 6.92 Å². The van der Waals surface area contributed by atoms with Crippen molar-refractivity contribution in [2.75, 3.05) is 26.7 Å².